The molecule has 2 aromatic carbocycles. The van der Waals surface area contributed by atoms with Crippen LogP contribution in [-0.2, 0) is 13.6 Å². The van der Waals surface area contributed by atoms with Crippen LogP contribution in [0, 0.1) is 0 Å². The third-order valence-corrected chi connectivity index (χ3v) is 4.26. The monoisotopic (exact) mass is 324 g/mol. The zero-order valence-corrected chi connectivity index (χ0v) is 13.2. The zero-order chi connectivity index (χ0) is 16.0. The predicted octanol–water partition coefficient (Wildman–Crippen LogP) is 3.30. The van der Waals surface area contributed by atoms with Crippen molar-refractivity contribution in [2.75, 3.05) is 4.90 Å². The molecule has 0 fully saturated rings. The Bertz CT molecular complexity index is 918. The molecule has 0 spiro atoms. The summed E-state index contributed by atoms with van der Waals surface area (Å²) in [7, 11) is 1.86. The number of rotatable bonds is 2. The van der Waals surface area contributed by atoms with E-state index in [0.29, 0.717) is 17.4 Å². The fourth-order valence-corrected chi connectivity index (χ4v) is 3.07. The van der Waals surface area contributed by atoms with Gasteiger partial charge in [0.2, 0.25) is 0 Å². The lowest BCUT2D eigenvalue weighted by molar-refractivity contribution is 0.0996. The topological polar surface area (TPSA) is 51.0 Å². The summed E-state index contributed by atoms with van der Waals surface area (Å²) in [5.74, 6) is 0.664. The Hall–Kier alpha value is -2.66. The van der Waals surface area contributed by atoms with Crippen LogP contribution in [0.3, 0.4) is 0 Å². The van der Waals surface area contributed by atoms with Crippen molar-refractivity contribution in [1.29, 1.82) is 0 Å². The van der Waals surface area contributed by atoms with Crippen LogP contribution in [0.4, 0.5) is 5.69 Å². The summed E-state index contributed by atoms with van der Waals surface area (Å²) in [6.07, 6.45) is 1.63. The minimum absolute atomic E-state index is 0.00802. The Kier molecular flexibility index (Phi) is 3.16. The Morgan fingerprint density at radius 3 is 2.70 bits per heavy atom. The molecule has 0 radical (unpaired) electrons. The van der Waals surface area contributed by atoms with E-state index in [1.165, 1.54) is 0 Å². The first-order valence-electron chi connectivity index (χ1n) is 7.19. The van der Waals surface area contributed by atoms with E-state index in [1.54, 1.807) is 17.3 Å². The lowest BCUT2D eigenvalue weighted by Gasteiger charge is -2.19. The fraction of sp³-hybridized carbons (Fsp3) is 0.118. The molecule has 23 heavy (non-hydrogen) atoms. The predicted molar refractivity (Wildman–Crippen MR) is 88.4 cm³/mol. The number of halogens is 1. The molecule has 0 saturated carbocycles. The molecule has 3 aromatic rings. The van der Waals surface area contributed by atoms with Crippen LogP contribution in [-0.4, -0.2) is 20.7 Å². The molecule has 2 heterocycles. The second-order valence-corrected chi connectivity index (χ2v) is 5.91. The maximum Gasteiger partial charge on any atom is 0.258 e. The highest BCUT2D eigenvalue weighted by Crippen LogP contribution is 2.36. The zero-order valence-electron chi connectivity index (χ0n) is 12.4. The van der Waals surface area contributed by atoms with E-state index in [2.05, 4.69) is 10.2 Å². The highest BCUT2D eigenvalue weighted by molar-refractivity contribution is 6.31. The molecule has 0 aliphatic carbocycles. The maximum absolute atomic E-state index is 12.7. The summed E-state index contributed by atoms with van der Waals surface area (Å²) < 4.78 is 1.81. The molecule has 0 saturated heterocycles. The minimum Gasteiger partial charge on any atom is -0.317 e. The van der Waals surface area contributed by atoms with Crippen molar-refractivity contribution in [3.05, 3.63) is 64.9 Å². The Morgan fingerprint density at radius 1 is 1.13 bits per heavy atom. The van der Waals surface area contributed by atoms with E-state index >= 15 is 0 Å². The summed E-state index contributed by atoms with van der Waals surface area (Å²) in [5.41, 5.74) is 3.34. The average molecular weight is 325 g/mol. The van der Waals surface area contributed by atoms with Crippen molar-refractivity contribution in [3.63, 3.8) is 0 Å². The summed E-state index contributed by atoms with van der Waals surface area (Å²) in [4.78, 5) is 14.5. The van der Waals surface area contributed by atoms with Crippen molar-refractivity contribution in [2.24, 2.45) is 7.05 Å². The van der Waals surface area contributed by atoms with Crippen LogP contribution in [0.1, 0.15) is 15.9 Å². The van der Waals surface area contributed by atoms with Crippen molar-refractivity contribution in [3.8, 4) is 11.4 Å². The largest absolute Gasteiger partial charge is 0.317 e. The van der Waals surface area contributed by atoms with Gasteiger partial charge in [0.05, 0.1) is 12.2 Å². The smallest absolute Gasteiger partial charge is 0.258 e. The van der Waals surface area contributed by atoms with Gasteiger partial charge in [-0.15, -0.1) is 10.2 Å². The second-order valence-electron chi connectivity index (χ2n) is 5.48. The quantitative estimate of drug-likeness (QED) is 0.726. The van der Waals surface area contributed by atoms with Gasteiger partial charge in [-0.1, -0.05) is 29.8 Å². The molecular weight excluding hydrogens is 312 g/mol. The van der Waals surface area contributed by atoms with Crippen LogP contribution in [0.5, 0.6) is 0 Å². The van der Waals surface area contributed by atoms with Crippen molar-refractivity contribution < 1.29 is 4.79 Å². The summed E-state index contributed by atoms with van der Waals surface area (Å²) in [6, 6.07) is 13.1. The maximum atomic E-state index is 12.7. The number of anilines is 1. The number of nitrogens with zero attached hydrogens (tertiary/aromatic N) is 4. The van der Waals surface area contributed by atoms with Gasteiger partial charge in [0, 0.05) is 23.2 Å². The second kappa shape index (κ2) is 5.21. The molecule has 4 rings (SSSR count). The number of fused-ring (bicyclic) bond motifs is 1. The third kappa shape index (κ3) is 2.21. The van der Waals surface area contributed by atoms with Gasteiger partial charge in [0.1, 0.15) is 6.33 Å². The number of aryl methyl sites for hydroxylation is 1. The van der Waals surface area contributed by atoms with Gasteiger partial charge >= 0.3 is 0 Å². The van der Waals surface area contributed by atoms with E-state index in [1.807, 2.05) is 48.0 Å². The molecule has 0 N–H and O–H groups in total. The summed E-state index contributed by atoms with van der Waals surface area (Å²) in [6.45, 7) is 0.543. The molecule has 0 unspecified atom stereocenters. The van der Waals surface area contributed by atoms with Gasteiger partial charge in [0.15, 0.2) is 5.82 Å². The molecule has 1 aromatic heterocycles. The normalized spacial score (nSPS) is 13.5. The van der Waals surface area contributed by atoms with E-state index < -0.39 is 0 Å². The fourth-order valence-electron chi connectivity index (χ4n) is 2.90. The van der Waals surface area contributed by atoms with Crippen LogP contribution in [0.15, 0.2) is 48.8 Å². The van der Waals surface area contributed by atoms with E-state index in [0.717, 1.165) is 22.4 Å². The van der Waals surface area contributed by atoms with E-state index in [9.17, 15) is 4.79 Å². The molecule has 114 valence electrons. The van der Waals surface area contributed by atoms with Crippen LogP contribution in [0.2, 0.25) is 5.02 Å². The number of aromatic nitrogens is 3. The van der Waals surface area contributed by atoms with Gasteiger partial charge in [-0.2, -0.15) is 0 Å². The van der Waals surface area contributed by atoms with Gasteiger partial charge < -0.3 is 9.47 Å². The molecular formula is C17H13ClN4O. The van der Waals surface area contributed by atoms with Crippen molar-refractivity contribution in [1.82, 2.24) is 14.8 Å². The van der Waals surface area contributed by atoms with Crippen molar-refractivity contribution in [2.45, 2.75) is 6.54 Å². The minimum atomic E-state index is -0.00802. The molecule has 5 nitrogen and oxygen atoms in total. The van der Waals surface area contributed by atoms with E-state index in [4.69, 9.17) is 11.6 Å². The van der Waals surface area contributed by atoms with Gasteiger partial charge in [0.25, 0.3) is 5.91 Å². The van der Waals surface area contributed by atoms with Gasteiger partial charge in [-0.05, 0) is 29.8 Å². The number of hydrogen-bond donors (Lipinski definition) is 0. The molecule has 1 aliphatic rings. The van der Waals surface area contributed by atoms with Crippen molar-refractivity contribution >= 4 is 23.2 Å². The summed E-state index contributed by atoms with van der Waals surface area (Å²) >= 11 is 6.16. The Balaban J connectivity index is 1.85. The number of amides is 1. The molecule has 6 heteroatoms. The number of benzene rings is 2. The highest BCUT2D eigenvalue weighted by Gasteiger charge is 2.30. The first-order chi connectivity index (χ1) is 11.1. The van der Waals surface area contributed by atoms with Crippen LogP contribution in [0.25, 0.3) is 11.4 Å². The highest BCUT2D eigenvalue weighted by atomic mass is 35.5. The SMILES string of the molecule is Cn1cnnc1-c1cc(Cl)ccc1N1Cc2ccccc2C1=O. The van der Waals surface area contributed by atoms with Crippen LogP contribution < -0.4 is 4.90 Å². The standard InChI is InChI=1S/C17H13ClN4O/c1-21-10-19-20-16(21)14-8-12(18)6-7-15(14)22-9-11-4-2-3-5-13(11)17(22)23/h2-8,10H,9H2,1H3. The van der Waals surface area contributed by atoms with Gasteiger partial charge in [-0.25, -0.2) is 0 Å². The first kappa shape index (κ1) is 14.0. The first-order valence-corrected chi connectivity index (χ1v) is 7.56. The molecule has 1 amide bonds. The Labute approximate surface area is 138 Å². The molecule has 0 atom stereocenters. The van der Waals surface area contributed by atoms with E-state index in [-0.39, 0.29) is 5.91 Å². The molecule has 1 aliphatic heterocycles. The lowest BCUT2D eigenvalue weighted by Crippen LogP contribution is -2.23. The third-order valence-electron chi connectivity index (χ3n) is 4.02. The average Bonchev–Trinajstić information content (AvgIpc) is 3.12. The lowest BCUT2D eigenvalue weighted by atomic mass is 10.1. The number of carbonyl (C=O) groups is 1. The van der Waals surface area contributed by atoms with Crippen LogP contribution >= 0.6 is 11.6 Å². The Morgan fingerprint density at radius 2 is 1.96 bits per heavy atom. The number of carbonyl (C=O) groups excluding carboxylic acids is 1. The molecule has 0 bridgehead atoms. The van der Waals surface area contributed by atoms with Gasteiger partial charge in [-0.3, -0.25) is 4.79 Å². The number of hydrogen-bond acceptors (Lipinski definition) is 3. The summed E-state index contributed by atoms with van der Waals surface area (Å²) in [5, 5.41) is 8.66.